The maximum atomic E-state index is 13.3. The van der Waals surface area contributed by atoms with Gasteiger partial charge in [-0.1, -0.05) is 0 Å². The Morgan fingerprint density at radius 2 is 1.21 bits per heavy atom. The lowest BCUT2D eigenvalue weighted by atomic mass is 9.87. The molecule has 204 valence electrons. The molecule has 3 aromatic rings. The van der Waals surface area contributed by atoms with E-state index in [1.807, 2.05) is 0 Å². The van der Waals surface area contributed by atoms with Crippen LogP contribution >= 0.6 is 0 Å². The predicted octanol–water partition coefficient (Wildman–Crippen LogP) is -1.12. The molecule has 2 aromatic carbocycles. The van der Waals surface area contributed by atoms with Crippen LogP contribution in [0.1, 0.15) is 23.3 Å². The molecule has 38 heavy (non-hydrogen) atoms. The maximum Gasteiger partial charge on any atom is 0.197 e. The molecule has 13 heteroatoms. The summed E-state index contributed by atoms with van der Waals surface area (Å²) in [5, 5.41) is 93.1. The normalized spacial score (nSPS) is 31.9. The van der Waals surface area contributed by atoms with Crippen LogP contribution in [0, 0.1) is 0 Å². The van der Waals surface area contributed by atoms with Gasteiger partial charge in [0.05, 0.1) is 24.3 Å². The molecule has 1 aromatic heterocycles. The number of benzene rings is 2. The molecular formula is C25H26O13. The fourth-order valence-corrected chi connectivity index (χ4v) is 4.83. The van der Waals surface area contributed by atoms with Crippen molar-refractivity contribution < 1.29 is 59.8 Å². The van der Waals surface area contributed by atoms with E-state index in [4.69, 9.17) is 13.9 Å². The molecule has 2 fully saturated rings. The Balaban J connectivity index is 1.80. The molecule has 3 heterocycles. The molecule has 0 spiro atoms. The molecule has 0 aliphatic carbocycles. The number of aliphatic hydroxyl groups excluding tert-OH is 6. The minimum atomic E-state index is -1.85. The molecule has 0 amide bonds. The van der Waals surface area contributed by atoms with Gasteiger partial charge in [-0.2, -0.15) is 0 Å². The highest BCUT2D eigenvalue weighted by molar-refractivity contribution is 5.91. The van der Waals surface area contributed by atoms with Gasteiger partial charge in [0.25, 0.3) is 0 Å². The molecule has 8 atom stereocenters. The van der Waals surface area contributed by atoms with Crippen molar-refractivity contribution in [2.24, 2.45) is 0 Å². The van der Waals surface area contributed by atoms with Crippen molar-refractivity contribution >= 4 is 11.0 Å². The topological polar surface area (TPSA) is 231 Å². The van der Waals surface area contributed by atoms with Gasteiger partial charge in [-0.25, -0.2) is 0 Å². The van der Waals surface area contributed by atoms with Gasteiger partial charge in [0, 0.05) is 11.6 Å². The van der Waals surface area contributed by atoms with Crippen molar-refractivity contribution in [2.45, 2.75) is 48.8 Å². The van der Waals surface area contributed by atoms with Gasteiger partial charge in [0.1, 0.15) is 77.2 Å². The maximum absolute atomic E-state index is 13.3. The Hall–Kier alpha value is -3.27. The molecule has 0 radical (unpaired) electrons. The molecular weight excluding hydrogens is 508 g/mol. The molecule has 13 nitrogen and oxygen atoms in total. The fraction of sp³-hybridized carbons (Fsp3) is 0.400. The number of ether oxygens (including phenoxy) is 2. The Kier molecular flexibility index (Phi) is 6.79. The molecule has 7 unspecified atom stereocenters. The second kappa shape index (κ2) is 9.80. The van der Waals surface area contributed by atoms with E-state index in [1.165, 1.54) is 24.3 Å². The zero-order chi connectivity index (χ0) is 27.5. The van der Waals surface area contributed by atoms with Crippen molar-refractivity contribution in [1.82, 2.24) is 0 Å². The first-order valence-corrected chi connectivity index (χ1v) is 11.7. The van der Waals surface area contributed by atoms with Crippen molar-refractivity contribution in [3.8, 4) is 28.6 Å². The van der Waals surface area contributed by atoms with Crippen LogP contribution in [0.5, 0.6) is 17.2 Å². The third kappa shape index (κ3) is 4.19. The van der Waals surface area contributed by atoms with E-state index in [-0.39, 0.29) is 11.5 Å². The van der Waals surface area contributed by atoms with E-state index < -0.39 is 101 Å². The van der Waals surface area contributed by atoms with Crippen LogP contribution in [0.15, 0.2) is 39.5 Å². The summed E-state index contributed by atoms with van der Waals surface area (Å²) in [6.07, 6.45) is -13.3. The van der Waals surface area contributed by atoms with Crippen LogP contribution in [0.3, 0.4) is 0 Å². The highest BCUT2D eigenvalue weighted by atomic mass is 16.5. The summed E-state index contributed by atoms with van der Waals surface area (Å²) in [5.41, 5.74) is -1.86. The van der Waals surface area contributed by atoms with Crippen LogP contribution in [0.25, 0.3) is 22.3 Å². The molecule has 0 bridgehead atoms. The SMILES string of the molecule is O=c1cc(-c2ccc(O)cc2)oc2c(C3OCC(O)C(O)C3O)c(O)c(C3OC[C@H](O)C(O)C3O)c(O)c12. The average molecular weight is 534 g/mol. The van der Waals surface area contributed by atoms with Crippen LogP contribution in [0.2, 0.25) is 0 Å². The monoisotopic (exact) mass is 534 g/mol. The highest BCUT2D eigenvalue weighted by Crippen LogP contribution is 2.50. The minimum Gasteiger partial charge on any atom is -0.508 e. The number of aromatic hydroxyl groups is 3. The van der Waals surface area contributed by atoms with Gasteiger partial charge >= 0.3 is 0 Å². The van der Waals surface area contributed by atoms with Gasteiger partial charge in [0.2, 0.25) is 0 Å². The van der Waals surface area contributed by atoms with Crippen LogP contribution in [-0.4, -0.2) is 95.8 Å². The lowest BCUT2D eigenvalue weighted by Crippen LogP contribution is -2.49. The number of rotatable bonds is 3. The summed E-state index contributed by atoms with van der Waals surface area (Å²) in [5.74, 6) is -1.80. The van der Waals surface area contributed by atoms with Gasteiger partial charge < -0.3 is 59.8 Å². The van der Waals surface area contributed by atoms with Crippen LogP contribution < -0.4 is 5.43 Å². The smallest absolute Gasteiger partial charge is 0.197 e. The summed E-state index contributed by atoms with van der Waals surface area (Å²) in [7, 11) is 0. The zero-order valence-electron chi connectivity index (χ0n) is 19.6. The number of aliphatic hydroxyl groups is 6. The van der Waals surface area contributed by atoms with Gasteiger partial charge in [-0.15, -0.1) is 0 Å². The Morgan fingerprint density at radius 1 is 0.684 bits per heavy atom. The molecule has 9 N–H and O–H groups in total. The summed E-state index contributed by atoms with van der Waals surface area (Å²) >= 11 is 0. The van der Waals surface area contributed by atoms with E-state index in [9.17, 15) is 50.8 Å². The first-order valence-electron chi connectivity index (χ1n) is 11.7. The first-order chi connectivity index (χ1) is 18.0. The van der Waals surface area contributed by atoms with Crippen molar-refractivity contribution in [2.75, 3.05) is 13.2 Å². The summed E-state index contributed by atoms with van der Waals surface area (Å²) < 4.78 is 16.8. The van der Waals surface area contributed by atoms with Gasteiger partial charge in [-0.05, 0) is 24.3 Å². The molecule has 2 aliphatic rings. The third-order valence-electron chi connectivity index (χ3n) is 6.92. The molecule has 2 aliphatic heterocycles. The van der Waals surface area contributed by atoms with Crippen LogP contribution in [-0.2, 0) is 9.47 Å². The number of phenolic OH excluding ortho intramolecular Hbond substituents is 3. The second-order valence-corrected chi connectivity index (χ2v) is 9.36. The summed E-state index contributed by atoms with van der Waals surface area (Å²) in [6, 6.07) is 6.60. The van der Waals surface area contributed by atoms with Gasteiger partial charge in [-0.3, -0.25) is 4.79 Å². The standard InChI is InChI=1S/C25H26O13/c26-9-3-1-8(2-4-9)13-5-10(27)14-19(32)15(24-21(34)17(30)11(28)6-36-24)20(33)16(23(14)38-13)25-22(35)18(31)12(29)7-37-25/h1-5,11-12,17-18,21-22,24-26,28-35H,6-7H2/t11-,12?,17?,18?,21?,22?,24?,25?/m0/s1. The fourth-order valence-electron chi connectivity index (χ4n) is 4.83. The highest BCUT2D eigenvalue weighted by Gasteiger charge is 2.46. The van der Waals surface area contributed by atoms with Gasteiger partial charge in [0.15, 0.2) is 11.0 Å². The lowest BCUT2D eigenvalue weighted by molar-refractivity contribution is -0.191. The van der Waals surface area contributed by atoms with Crippen molar-refractivity contribution in [3.63, 3.8) is 0 Å². The lowest BCUT2D eigenvalue weighted by Gasteiger charge is -2.38. The molecule has 2 saturated heterocycles. The third-order valence-corrected chi connectivity index (χ3v) is 6.92. The Bertz CT molecular complexity index is 1400. The first kappa shape index (κ1) is 26.3. The molecule has 5 rings (SSSR count). The van der Waals surface area contributed by atoms with E-state index in [1.54, 1.807) is 0 Å². The number of hydrogen-bond acceptors (Lipinski definition) is 13. The predicted molar refractivity (Wildman–Crippen MR) is 126 cm³/mol. The number of fused-ring (bicyclic) bond motifs is 1. The largest absolute Gasteiger partial charge is 0.508 e. The second-order valence-electron chi connectivity index (χ2n) is 9.36. The quantitative estimate of drug-likeness (QED) is 0.194. The van der Waals surface area contributed by atoms with E-state index in [0.29, 0.717) is 5.56 Å². The van der Waals surface area contributed by atoms with E-state index in [2.05, 4.69) is 0 Å². The van der Waals surface area contributed by atoms with Crippen LogP contribution in [0.4, 0.5) is 0 Å². The Morgan fingerprint density at radius 3 is 1.76 bits per heavy atom. The average Bonchev–Trinajstić information content (AvgIpc) is 2.88. The van der Waals surface area contributed by atoms with E-state index >= 15 is 0 Å². The Labute approximate surface area is 213 Å². The van der Waals surface area contributed by atoms with Crippen molar-refractivity contribution in [1.29, 1.82) is 0 Å². The zero-order valence-corrected chi connectivity index (χ0v) is 19.6. The minimum absolute atomic E-state index is 0.0475. The number of hydrogen-bond donors (Lipinski definition) is 9. The molecule has 0 saturated carbocycles. The summed E-state index contributed by atoms with van der Waals surface area (Å²) in [6.45, 7) is -0.966. The number of phenols is 3. The van der Waals surface area contributed by atoms with Crippen molar-refractivity contribution in [3.05, 3.63) is 51.7 Å². The summed E-state index contributed by atoms with van der Waals surface area (Å²) in [4.78, 5) is 13.3. The van der Waals surface area contributed by atoms with E-state index in [0.717, 1.165) is 6.07 Å².